The van der Waals surface area contributed by atoms with Gasteiger partial charge < -0.3 is 16.2 Å². The molecule has 1 rings (SSSR count). The summed E-state index contributed by atoms with van der Waals surface area (Å²) < 4.78 is 0. The Bertz CT molecular complexity index is 442. The lowest BCUT2D eigenvalue weighted by Gasteiger charge is -2.16. The van der Waals surface area contributed by atoms with Gasteiger partial charge in [-0.15, -0.1) is 0 Å². The van der Waals surface area contributed by atoms with Crippen LogP contribution >= 0.6 is 0 Å². The first-order chi connectivity index (χ1) is 8.31. The normalized spacial score (nSPS) is 12.6. The third-order valence-corrected chi connectivity index (χ3v) is 2.86. The van der Waals surface area contributed by atoms with Gasteiger partial charge in [0.1, 0.15) is 5.75 Å². The number of phenols is 1. The maximum Gasteiger partial charge on any atom is 0.241 e. The molecule has 0 spiro atoms. The lowest BCUT2D eigenvalue weighted by Crippen LogP contribution is -2.36. The highest BCUT2D eigenvalue weighted by Gasteiger charge is 2.16. The van der Waals surface area contributed by atoms with Crippen molar-refractivity contribution in [3.63, 3.8) is 0 Å². The third-order valence-electron chi connectivity index (χ3n) is 2.86. The summed E-state index contributed by atoms with van der Waals surface area (Å²) in [5, 5.41) is 12.4. The number of rotatable bonds is 4. The van der Waals surface area contributed by atoms with E-state index in [1.807, 2.05) is 20.8 Å². The average molecular weight is 250 g/mol. The van der Waals surface area contributed by atoms with Crippen molar-refractivity contribution in [2.45, 2.75) is 40.2 Å². The van der Waals surface area contributed by atoms with Gasteiger partial charge in [0.05, 0.1) is 6.04 Å². The highest BCUT2D eigenvalue weighted by atomic mass is 16.3. The van der Waals surface area contributed by atoms with Crippen LogP contribution in [0.25, 0.3) is 0 Å². The number of nitrogens with two attached hydrogens (primary N) is 1. The summed E-state index contributed by atoms with van der Waals surface area (Å²) >= 11 is 0. The zero-order valence-electron chi connectivity index (χ0n) is 11.4. The SMILES string of the molecule is Cc1cc(NC(=O)[C@@H](N)CC(C)C)c(C)cc1O. The van der Waals surface area contributed by atoms with E-state index < -0.39 is 6.04 Å². The fourth-order valence-electron chi connectivity index (χ4n) is 1.78. The summed E-state index contributed by atoms with van der Waals surface area (Å²) in [7, 11) is 0. The van der Waals surface area contributed by atoms with Crippen molar-refractivity contribution < 1.29 is 9.90 Å². The number of carbonyl (C=O) groups is 1. The summed E-state index contributed by atoms with van der Waals surface area (Å²) in [5.41, 5.74) is 8.08. The fraction of sp³-hybridized carbons (Fsp3) is 0.500. The Kier molecular flexibility index (Phi) is 4.73. The van der Waals surface area contributed by atoms with Gasteiger partial charge >= 0.3 is 0 Å². The minimum atomic E-state index is -0.501. The largest absolute Gasteiger partial charge is 0.508 e. The molecule has 0 saturated heterocycles. The molecule has 0 aliphatic carbocycles. The Balaban J connectivity index is 2.79. The van der Waals surface area contributed by atoms with E-state index in [2.05, 4.69) is 5.32 Å². The van der Waals surface area contributed by atoms with Gasteiger partial charge in [0.2, 0.25) is 5.91 Å². The Labute approximate surface area is 108 Å². The number of hydrogen-bond acceptors (Lipinski definition) is 3. The lowest BCUT2D eigenvalue weighted by atomic mass is 10.0. The molecule has 0 saturated carbocycles. The number of phenolic OH excluding ortho intramolecular Hbond substituents is 1. The Hall–Kier alpha value is -1.55. The summed E-state index contributed by atoms with van der Waals surface area (Å²) in [6.45, 7) is 7.69. The van der Waals surface area contributed by atoms with Crippen molar-refractivity contribution in [1.29, 1.82) is 0 Å². The number of aryl methyl sites for hydroxylation is 2. The quantitative estimate of drug-likeness (QED) is 0.718. The molecule has 0 unspecified atom stereocenters. The second kappa shape index (κ2) is 5.87. The smallest absolute Gasteiger partial charge is 0.241 e. The van der Waals surface area contributed by atoms with Crippen molar-refractivity contribution >= 4 is 11.6 Å². The number of benzene rings is 1. The molecule has 4 heteroatoms. The molecule has 1 amide bonds. The topological polar surface area (TPSA) is 75.4 Å². The number of aromatic hydroxyl groups is 1. The van der Waals surface area contributed by atoms with Crippen LogP contribution in [-0.2, 0) is 4.79 Å². The van der Waals surface area contributed by atoms with Crippen molar-refractivity contribution in [3.05, 3.63) is 23.3 Å². The molecule has 1 aromatic rings. The molecule has 4 nitrogen and oxygen atoms in total. The zero-order valence-corrected chi connectivity index (χ0v) is 11.4. The van der Waals surface area contributed by atoms with Crippen LogP contribution in [0.5, 0.6) is 5.75 Å². The van der Waals surface area contributed by atoms with Crippen LogP contribution in [0.2, 0.25) is 0 Å². The van der Waals surface area contributed by atoms with Crippen LogP contribution in [0, 0.1) is 19.8 Å². The second-order valence-electron chi connectivity index (χ2n) is 5.18. The van der Waals surface area contributed by atoms with E-state index in [0.717, 1.165) is 11.1 Å². The molecule has 0 aromatic heterocycles. The minimum Gasteiger partial charge on any atom is -0.508 e. The van der Waals surface area contributed by atoms with Crippen LogP contribution in [0.4, 0.5) is 5.69 Å². The van der Waals surface area contributed by atoms with Crippen molar-refractivity contribution in [2.75, 3.05) is 5.32 Å². The second-order valence-corrected chi connectivity index (χ2v) is 5.18. The molecule has 100 valence electrons. The molecular formula is C14H22N2O2. The third kappa shape index (κ3) is 3.74. The van der Waals surface area contributed by atoms with Gasteiger partial charge in [0.15, 0.2) is 0 Å². The summed E-state index contributed by atoms with van der Waals surface area (Å²) in [4.78, 5) is 11.9. The number of hydrogen-bond donors (Lipinski definition) is 3. The lowest BCUT2D eigenvalue weighted by molar-refractivity contribution is -0.117. The monoisotopic (exact) mass is 250 g/mol. The van der Waals surface area contributed by atoms with Crippen LogP contribution in [0.3, 0.4) is 0 Å². The number of amides is 1. The van der Waals surface area contributed by atoms with E-state index in [0.29, 0.717) is 18.0 Å². The first kappa shape index (κ1) is 14.5. The van der Waals surface area contributed by atoms with Crippen LogP contribution in [0.15, 0.2) is 12.1 Å². The van der Waals surface area contributed by atoms with Crippen LogP contribution in [-0.4, -0.2) is 17.1 Å². The number of nitrogens with one attached hydrogen (secondary N) is 1. The van der Waals surface area contributed by atoms with E-state index >= 15 is 0 Å². The van der Waals surface area contributed by atoms with Gasteiger partial charge in [-0.3, -0.25) is 4.79 Å². The van der Waals surface area contributed by atoms with Crippen molar-refractivity contribution in [1.82, 2.24) is 0 Å². The highest BCUT2D eigenvalue weighted by Crippen LogP contribution is 2.25. The highest BCUT2D eigenvalue weighted by molar-refractivity contribution is 5.95. The predicted octanol–water partition coefficient (Wildman–Crippen LogP) is 2.32. The van der Waals surface area contributed by atoms with Crippen LogP contribution in [0.1, 0.15) is 31.4 Å². The maximum absolute atomic E-state index is 11.9. The molecule has 1 aromatic carbocycles. The standard InChI is InChI=1S/C14H22N2O2/c1-8(2)5-11(15)14(18)16-12-6-10(4)13(17)7-9(12)3/h6-8,11,17H,5,15H2,1-4H3,(H,16,18)/t11-/m0/s1. The molecule has 0 fully saturated rings. The van der Waals surface area contributed by atoms with Gasteiger partial charge in [-0.05, 0) is 49.4 Å². The van der Waals surface area contributed by atoms with Crippen molar-refractivity contribution in [3.8, 4) is 5.75 Å². The van der Waals surface area contributed by atoms with E-state index in [1.54, 1.807) is 19.1 Å². The zero-order chi connectivity index (χ0) is 13.9. The summed E-state index contributed by atoms with van der Waals surface area (Å²) in [5.74, 6) is 0.433. The average Bonchev–Trinajstić information content (AvgIpc) is 2.24. The number of carbonyl (C=O) groups excluding carboxylic acids is 1. The van der Waals surface area contributed by atoms with Gasteiger partial charge in [-0.25, -0.2) is 0 Å². The Morgan fingerprint density at radius 1 is 1.33 bits per heavy atom. The van der Waals surface area contributed by atoms with Crippen LogP contribution < -0.4 is 11.1 Å². The minimum absolute atomic E-state index is 0.183. The molecule has 0 aliphatic rings. The van der Waals surface area contributed by atoms with E-state index in [-0.39, 0.29) is 11.7 Å². The van der Waals surface area contributed by atoms with E-state index in [1.165, 1.54) is 0 Å². The number of anilines is 1. The molecule has 1 atom stereocenters. The first-order valence-electron chi connectivity index (χ1n) is 6.18. The summed E-state index contributed by atoms with van der Waals surface area (Å²) in [6.07, 6.45) is 0.655. The van der Waals surface area contributed by atoms with E-state index in [4.69, 9.17) is 5.73 Å². The van der Waals surface area contributed by atoms with Gasteiger partial charge in [-0.1, -0.05) is 13.8 Å². The van der Waals surface area contributed by atoms with E-state index in [9.17, 15) is 9.90 Å². The first-order valence-corrected chi connectivity index (χ1v) is 6.18. The molecular weight excluding hydrogens is 228 g/mol. The molecule has 18 heavy (non-hydrogen) atoms. The van der Waals surface area contributed by atoms with Crippen molar-refractivity contribution in [2.24, 2.45) is 11.7 Å². The Morgan fingerprint density at radius 3 is 2.50 bits per heavy atom. The maximum atomic E-state index is 11.9. The Morgan fingerprint density at radius 2 is 1.94 bits per heavy atom. The molecule has 0 bridgehead atoms. The van der Waals surface area contributed by atoms with Gasteiger partial charge in [-0.2, -0.15) is 0 Å². The molecule has 4 N–H and O–H groups in total. The molecule has 0 radical (unpaired) electrons. The molecule has 0 heterocycles. The summed E-state index contributed by atoms with van der Waals surface area (Å²) in [6, 6.07) is 2.89. The molecule has 0 aliphatic heterocycles. The predicted molar refractivity (Wildman–Crippen MR) is 73.6 cm³/mol. The fourth-order valence-corrected chi connectivity index (χ4v) is 1.78. The van der Waals surface area contributed by atoms with Gasteiger partial charge in [0, 0.05) is 5.69 Å². The van der Waals surface area contributed by atoms with Gasteiger partial charge in [0.25, 0.3) is 0 Å².